The van der Waals surface area contributed by atoms with Crippen LogP contribution in [0, 0.1) is 0 Å². The summed E-state index contributed by atoms with van der Waals surface area (Å²) in [6.45, 7) is 1.31. The molecule has 0 radical (unpaired) electrons. The Bertz CT molecular complexity index is 2410. The number of aromatic nitrogens is 1. The van der Waals surface area contributed by atoms with Crippen LogP contribution in [-0.2, 0) is 6.54 Å². The number of carbonyl (C=O) groups is 1. The minimum absolute atomic E-state index is 0.0243. The lowest BCUT2D eigenvalue weighted by Gasteiger charge is -2.20. The molecule has 6 aromatic rings. The molecule has 0 saturated carbocycles. The van der Waals surface area contributed by atoms with Crippen molar-refractivity contribution in [3.63, 3.8) is 0 Å². The zero-order valence-electron chi connectivity index (χ0n) is 30.2. The van der Waals surface area contributed by atoms with Crippen molar-refractivity contribution in [2.24, 2.45) is 4.99 Å². The quantitative estimate of drug-likeness (QED) is 0.102. The number of rotatable bonds is 10. The Morgan fingerprint density at radius 2 is 1.28 bits per heavy atom. The summed E-state index contributed by atoms with van der Waals surface area (Å²) in [5, 5.41) is 1.71. The standard InChI is InChI=1S/C43H33F6N3O5/c1-54-39-23-35-36(50-25-30-5-4-19-51(30)41(35)53)24-40(39)55-20-3-2-18-52-37-16-10-28(26-6-12-31(13-7-26)56-42(44,45)46)21-33(37)34-22-29(11-17-38(34)52)27-8-14-32(15-9-27)57-43(47,48)49/h2-3,6-17,21-25,30H,4-5,18-20H2,1H3/b3-2-/t30-/m0/s1. The van der Waals surface area contributed by atoms with Gasteiger partial charge in [0.2, 0.25) is 0 Å². The van der Waals surface area contributed by atoms with Gasteiger partial charge in [-0.3, -0.25) is 9.79 Å². The van der Waals surface area contributed by atoms with E-state index in [9.17, 15) is 31.1 Å². The number of fused-ring (bicyclic) bond motifs is 5. The Labute approximate surface area is 322 Å². The molecular weight excluding hydrogens is 752 g/mol. The molecule has 1 aromatic heterocycles. The molecule has 1 atom stereocenters. The Morgan fingerprint density at radius 3 is 1.82 bits per heavy atom. The van der Waals surface area contributed by atoms with Crippen LogP contribution >= 0.6 is 0 Å². The van der Waals surface area contributed by atoms with E-state index >= 15 is 0 Å². The fourth-order valence-corrected chi connectivity index (χ4v) is 7.36. The zero-order chi connectivity index (χ0) is 39.9. The molecule has 57 heavy (non-hydrogen) atoms. The lowest BCUT2D eigenvalue weighted by molar-refractivity contribution is -0.275. The van der Waals surface area contributed by atoms with Gasteiger partial charge in [-0.15, -0.1) is 26.3 Å². The molecule has 1 amide bonds. The van der Waals surface area contributed by atoms with Crippen LogP contribution in [0.4, 0.5) is 32.0 Å². The van der Waals surface area contributed by atoms with Crippen molar-refractivity contribution in [1.82, 2.24) is 9.47 Å². The lowest BCUT2D eigenvalue weighted by Crippen LogP contribution is -2.35. The second-order valence-electron chi connectivity index (χ2n) is 13.5. The van der Waals surface area contributed by atoms with Crippen LogP contribution in [0.15, 0.2) is 114 Å². The van der Waals surface area contributed by atoms with E-state index in [4.69, 9.17) is 9.47 Å². The number of halogens is 6. The number of allylic oxidation sites excluding steroid dienone is 1. The molecular formula is C43H33F6N3O5. The van der Waals surface area contributed by atoms with Crippen LogP contribution in [0.1, 0.15) is 23.2 Å². The third-order valence-corrected chi connectivity index (χ3v) is 9.96. The predicted molar refractivity (Wildman–Crippen MR) is 204 cm³/mol. The second kappa shape index (κ2) is 14.9. The smallest absolute Gasteiger partial charge is 0.493 e. The van der Waals surface area contributed by atoms with Gasteiger partial charge >= 0.3 is 12.7 Å². The van der Waals surface area contributed by atoms with E-state index in [1.807, 2.05) is 59.7 Å². The van der Waals surface area contributed by atoms with E-state index in [-0.39, 0.29) is 30.1 Å². The van der Waals surface area contributed by atoms with Gasteiger partial charge in [-0.25, -0.2) is 0 Å². The molecule has 2 aliphatic rings. The van der Waals surface area contributed by atoms with Crippen molar-refractivity contribution >= 4 is 39.6 Å². The zero-order valence-corrected chi connectivity index (χ0v) is 30.2. The maximum Gasteiger partial charge on any atom is 0.573 e. The molecule has 14 heteroatoms. The molecule has 8 nitrogen and oxygen atoms in total. The van der Waals surface area contributed by atoms with Crippen molar-refractivity contribution < 1.29 is 50.1 Å². The van der Waals surface area contributed by atoms with Gasteiger partial charge in [0.25, 0.3) is 5.91 Å². The minimum Gasteiger partial charge on any atom is -0.493 e. The average molecular weight is 786 g/mol. The second-order valence-corrected chi connectivity index (χ2v) is 13.5. The number of hydrogen-bond donors (Lipinski definition) is 0. The molecule has 0 bridgehead atoms. The van der Waals surface area contributed by atoms with Gasteiger partial charge in [0.15, 0.2) is 11.5 Å². The van der Waals surface area contributed by atoms with E-state index in [1.54, 1.807) is 36.4 Å². The summed E-state index contributed by atoms with van der Waals surface area (Å²) < 4.78 is 98.5. The van der Waals surface area contributed by atoms with Gasteiger partial charge in [-0.1, -0.05) is 42.5 Å². The molecule has 1 saturated heterocycles. The number of benzene rings is 5. The van der Waals surface area contributed by atoms with E-state index in [0.717, 1.165) is 45.8 Å². The summed E-state index contributed by atoms with van der Waals surface area (Å²) in [7, 11) is 1.52. The summed E-state index contributed by atoms with van der Waals surface area (Å²) in [6, 6.07) is 26.1. The van der Waals surface area contributed by atoms with Gasteiger partial charge in [-0.05, 0) is 95.8 Å². The number of hydrogen-bond acceptors (Lipinski definition) is 6. The van der Waals surface area contributed by atoms with Gasteiger partial charge in [-0.2, -0.15) is 0 Å². The number of amides is 1. The van der Waals surface area contributed by atoms with Crippen molar-refractivity contribution in [2.45, 2.75) is 38.2 Å². The normalized spacial score (nSPS) is 15.6. The van der Waals surface area contributed by atoms with E-state index < -0.39 is 12.7 Å². The number of aliphatic imine (C=N–C) groups is 1. The number of nitrogens with zero attached hydrogens (tertiary/aromatic N) is 3. The predicted octanol–water partition coefficient (Wildman–Crippen LogP) is 10.9. The van der Waals surface area contributed by atoms with Crippen LogP contribution in [0.3, 0.4) is 0 Å². The average Bonchev–Trinajstić information content (AvgIpc) is 3.74. The Kier molecular flexibility index (Phi) is 9.80. The Hall–Kier alpha value is -6.44. The van der Waals surface area contributed by atoms with Crippen LogP contribution in [0.25, 0.3) is 44.1 Å². The van der Waals surface area contributed by atoms with Crippen LogP contribution in [-0.4, -0.2) is 60.6 Å². The highest BCUT2D eigenvalue weighted by molar-refractivity contribution is 6.10. The molecule has 0 unspecified atom stereocenters. The van der Waals surface area contributed by atoms with Crippen LogP contribution in [0.2, 0.25) is 0 Å². The Morgan fingerprint density at radius 1 is 0.719 bits per heavy atom. The van der Waals surface area contributed by atoms with Crippen molar-refractivity contribution in [1.29, 1.82) is 0 Å². The number of carbonyl (C=O) groups excluding carboxylic acids is 1. The molecule has 1 fully saturated rings. The van der Waals surface area contributed by atoms with Crippen molar-refractivity contribution in [3.8, 4) is 45.3 Å². The van der Waals surface area contributed by atoms with E-state index in [1.165, 1.54) is 31.4 Å². The fourth-order valence-electron chi connectivity index (χ4n) is 7.36. The Balaban J connectivity index is 1.08. The fraction of sp³-hybridized carbons (Fsp3) is 0.209. The van der Waals surface area contributed by atoms with Gasteiger partial charge in [0.05, 0.1) is 24.4 Å². The van der Waals surface area contributed by atoms with Crippen molar-refractivity contribution in [2.75, 3.05) is 20.3 Å². The molecule has 0 spiro atoms. The monoisotopic (exact) mass is 785 g/mol. The van der Waals surface area contributed by atoms with E-state index in [2.05, 4.69) is 19.0 Å². The summed E-state index contributed by atoms with van der Waals surface area (Å²) in [4.78, 5) is 19.7. The summed E-state index contributed by atoms with van der Waals surface area (Å²) in [5.74, 6) is 0.117. The highest BCUT2D eigenvalue weighted by atomic mass is 19.4. The summed E-state index contributed by atoms with van der Waals surface area (Å²) in [6.07, 6.45) is -2.18. The number of ether oxygens (including phenoxy) is 4. The lowest BCUT2D eigenvalue weighted by atomic mass is 10.00. The van der Waals surface area contributed by atoms with Gasteiger partial charge < -0.3 is 28.4 Å². The minimum atomic E-state index is -4.81. The highest BCUT2D eigenvalue weighted by Gasteiger charge is 2.33. The number of methoxy groups -OCH3 is 1. The SMILES string of the molecule is COc1cc2c(cc1OC/C=C\Cn1c3ccc(-c4ccc(OC(F)(F)F)cc4)cc3c3cc(-c4ccc(OC(F)(F)F)cc4)ccc31)N=C[C@@H]1CCCN1C2=O. The number of alkyl halides is 6. The van der Waals surface area contributed by atoms with E-state index in [0.29, 0.717) is 47.0 Å². The maximum atomic E-state index is 13.2. The van der Waals surface area contributed by atoms with Crippen LogP contribution in [0.5, 0.6) is 23.0 Å². The van der Waals surface area contributed by atoms with Crippen LogP contribution < -0.4 is 18.9 Å². The largest absolute Gasteiger partial charge is 0.573 e. The highest BCUT2D eigenvalue weighted by Crippen LogP contribution is 2.39. The third kappa shape index (κ3) is 7.98. The molecule has 292 valence electrons. The topological polar surface area (TPSA) is 74.5 Å². The first-order valence-corrected chi connectivity index (χ1v) is 18.0. The third-order valence-electron chi connectivity index (χ3n) is 9.96. The molecule has 3 heterocycles. The summed E-state index contributed by atoms with van der Waals surface area (Å²) >= 11 is 0. The maximum absolute atomic E-state index is 13.2. The van der Waals surface area contributed by atoms with Gasteiger partial charge in [0, 0.05) is 47.2 Å². The summed E-state index contributed by atoms with van der Waals surface area (Å²) in [5.41, 5.74) is 5.58. The molecule has 5 aromatic carbocycles. The first-order valence-electron chi connectivity index (χ1n) is 18.0. The molecule has 0 aliphatic carbocycles. The molecule has 0 N–H and O–H groups in total. The first kappa shape index (κ1) is 37.5. The van der Waals surface area contributed by atoms with Gasteiger partial charge in [0.1, 0.15) is 18.1 Å². The van der Waals surface area contributed by atoms with Crippen molar-refractivity contribution in [3.05, 3.63) is 115 Å². The molecule has 8 rings (SSSR count). The first-order chi connectivity index (χ1) is 27.3. The molecule has 2 aliphatic heterocycles.